The normalized spacial score (nSPS) is 16.7. The van der Waals surface area contributed by atoms with Gasteiger partial charge in [0.15, 0.2) is 11.6 Å². The first-order chi connectivity index (χ1) is 6.72. The third-order valence-corrected chi connectivity index (χ3v) is 2.69. The highest BCUT2D eigenvalue weighted by molar-refractivity contribution is 5.85. The molecule has 15 heavy (non-hydrogen) atoms. The van der Waals surface area contributed by atoms with Gasteiger partial charge in [-0.3, -0.25) is 0 Å². The lowest BCUT2D eigenvalue weighted by atomic mass is 10.0. The standard InChI is InChI=1S/C11H14FNO.ClH/c1-14-10-5-4-8(6-9(10)12)11(13)7-2-3-7;/h4-7,11H,2-3,13H2,1H3;1H/t11-;/m0./s1. The van der Waals surface area contributed by atoms with E-state index < -0.39 is 0 Å². The number of ether oxygens (including phenoxy) is 1. The Kier molecular flexibility index (Phi) is 3.94. The minimum atomic E-state index is -0.332. The fourth-order valence-corrected chi connectivity index (χ4v) is 1.62. The molecule has 0 unspecified atom stereocenters. The summed E-state index contributed by atoms with van der Waals surface area (Å²) in [4.78, 5) is 0. The Morgan fingerprint density at radius 1 is 1.47 bits per heavy atom. The van der Waals surface area contributed by atoms with Gasteiger partial charge in [0.05, 0.1) is 7.11 Å². The van der Waals surface area contributed by atoms with Crippen LogP contribution < -0.4 is 10.5 Å². The van der Waals surface area contributed by atoms with Gasteiger partial charge in [0.1, 0.15) is 0 Å². The van der Waals surface area contributed by atoms with Gasteiger partial charge in [0, 0.05) is 6.04 Å². The van der Waals surface area contributed by atoms with E-state index >= 15 is 0 Å². The van der Waals surface area contributed by atoms with Crippen LogP contribution in [0, 0.1) is 11.7 Å². The molecule has 1 atom stereocenters. The summed E-state index contributed by atoms with van der Waals surface area (Å²) >= 11 is 0. The molecule has 0 heterocycles. The van der Waals surface area contributed by atoms with Crippen LogP contribution >= 0.6 is 12.4 Å². The molecule has 2 N–H and O–H groups in total. The predicted molar refractivity (Wildman–Crippen MR) is 59.9 cm³/mol. The molecule has 1 aromatic carbocycles. The number of hydrogen-bond donors (Lipinski definition) is 1. The Balaban J connectivity index is 0.00000112. The van der Waals surface area contributed by atoms with Crippen molar-refractivity contribution in [1.82, 2.24) is 0 Å². The summed E-state index contributed by atoms with van der Waals surface area (Å²) in [7, 11) is 1.46. The van der Waals surface area contributed by atoms with Crippen molar-refractivity contribution in [3.05, 3.63) is 29.6 Å². The van der Waals surface area contributed by atoms with Crippen molar-refractivity contribution >= 4 is 12.4 Å². The number of hydrogen-bond acceptors (Lipinski definition) is 2. The quantitative estimate of drug-likeness (QED) is 0.868. The first-order valence-electron chi connectivity index (χ1n) is 4.81. The van der Waals surface area contributed by atoms with Crippen LogP contribution in [-0.2, 0) is 0 Å². The third-order valence-electron chi connectivity index (χ3n) is 2.69. The molecule has 0 amide bonds. The van der Waals surface area contributed by atoms with Gasteiger partial charge in [0.2, 0.25) is 0 Å². The summed E-state index contributed by atoms with van der Waals surface area (Å²) in [5.74, 6) is 0.487. The van der Waals surface area contributed by atoms with Crippen molar-refractivity contribution in [3.63, 3.8) is 0 Å². The van der Waals surface area contributed by atoms with Crippen LogP contribution in [0.4, 0.5) is 4.39 Å². The molecule has 84 valence electrons. The van der Waals surface area contributed by atoms with Crippen LogP contribution in [0.15, 0.2) is 18.2 Å². The van der Waals surface area contributed by atoms with Crippen LogP contribution in [0.2, 0.25) is 0 Å². The van der Waals surface area contributed by atoms with E-state index in [1.807, 2.05) is 6.07 Å². The van der Waals surface area contributed by atoms with E-state index in [-0.39, 0.29) is 30.0 Å². The molecular weight excluding hydrogens is 217 g/mol. The van der Waals surface area contributed by atoms with Gasteiger partial charge in [0.25, 0.3) is 0 Å². The predicted octanol–water partition coefficient (Wildman–Crippen LogP) is 2.67. The van der Waals surface area contributed by atoms with E-state index in [0.29, 0.717) is 5.92 Å². The van der Waals surface area contributed by atoms with Crippen LogP contribution in [0.25, 0.3) is 0 Å². The van der Waals surface area contributed by atoms with Gasteiger partial charge >= 0.3 is 0 Å². The molecule has 1 aliphatic rings. The van der Waals surface area contributed by atoms with Crippen LogP contribution in [0.3, 0.4) is 0 Å². The highest BCUT2D eigenvalue weighted by Crippen LogP contribution is 2.39. The van der Waals surface area contributed by atoms with Crippen LogP contribution in [0.5, 0.6) is 5.75 Å². The first kappa shape index (κ1) is 12.3. The molecule has 2 nitrogen and oxygen atoms in total. The van der Waals surface area contributed by atoms with Gasteiger partial charge in [-0.15, -0.1) is 12.4 Å². The van der Waals surface area contributed by atoms with Crippen molar-refractivity contribution in [1.29, 1.82) is 0 Å². The lowest BCUT2D eigenvalue weighted by Crippen LogP contribution is -2.12. The summed E-state index contributed by atoms with van der Waals surface area (Å²) in [6, 6.07) is 4.93. The zero-order chi connectivity index (χ0) is 10.1. The minimum absolute atomic E-state index is 0. The summed E-state index contributed by atoms with van der Waals surface area (Å²) in [6.45, 7) is 0. The van der Waals surface area contributed by atoms with Gasteiger partial charge in [-0.2, -0.15) is 0 Å². The molecule has 1 fully saturated rings. The summed E-state index contributed by atoms with van der Waals surface area (Å²) in [5.41, 5.74) is 6.82. The molecular formula is C11H15ClFNO. The van der Waals surface area contributed by atoms with Gasteiger partial charge in [-0.1, -0.05) is 6.07 Å². The van der Waals surface area contributed by atoms with Crippen molar-refractivity contribution in [2.75, 3.05) is 7.11 Å². The molecule has 0 bridgehead atoms. The second-order valence-corrected chi connectivity index (χ2v) is 3.76. The van der Waals surface area contributed by atoms with Crippen molar-refractivity contribution in [2.24, 2.45) is 11.7 Å². The van der Waals surface area contributed by atoms with Crippen LogP contribution in [0.1, 0.15) is 24.4 Å². The van der Waals surface area contributed by atoms with Gasteiger partial charge in [-0.25, -0.2) is 4.39 Å². The van der Waals surface area contributed by atoms with Crippen molar-refractivity contribution < 1.29 is 9.13 Å². The van der Waals surface area contributed by atoms with Crippen molar-refractivity contribution in [3.8, 4) is 5.75 Å². The minimum Gasteiger partial charge on any atom is -0.494 e. The Labute approximate surface area is 95.0 Å². The molecule has 0 aromatic heterocycles. The SMILES string of the molecule is COc1ccc([C@@H](N)C2CC2)cc1F.Cl. The first-order valence-corrected chi connectivity index (χ1v) is 4.81. The highest BCUT2D eigenvalue weighted by atomic mass is 35.5. The second kappa shape index (κ2) is 4.81. The van der Waals surface area contributed by atoms with E-state index in [0.717, 1.165) is 18.4 Å². The van der Waals surface area contributed by atoms with E-state index in [1.54, 1.807) is 6.07 Å². The fraction of sp³-hybridized carbons (Fsp3) is 0.455. The smallest absolute Gasteiger partial charge is 0.165 e. The second-order valence-electron chi connectivity index (χ2n) is 3.76. The molecule has 1 aliphatic carbocycles. The molecule has 0 spiro atoms. The average Bonchev–Trinajstić information content (AvgIpc) is 3.00. The molecule has 2 rings (SSSR count). The molecule has 1 saturated carbocycles. The Hall–Kier alpha value is -0.800. The Morgan fingerprint density at radius 2 is 2.13 bits per heavy atom. The Bertz CT molecular complexity index is 341. The summed E-state index contributed by atoms with van der Waals surface area (Å²) < 4.78 is 18.2. The largest absolute Gasteiger partial charge is 0.494 e. The summed E-state index contributed by atoms with van der Waals surface area (Å²) in [6.07, 6.45) is 2.32. The molecule has 0 saturated heterocycles. The van der Waals surface area contributed by atoms with Crippen LogP contribution in [-0.4, -0.2) is 7.11 Å². The number of rotatable bonds is 3. The van der Waals surface area contributed by atoms with E-state index in [2.05, 4.69) is 0 Å². The molecule has 0 radical (unpaired) electrons. The fourth-order valence-electron chi connectivity index (χ4n) is 1.62. The third kappa shape index (κ3) is 2.61. The van der Waals surface area contributed by atoms with Crippen molar-refractivity contribution in [2.45, 2.75) is 18.9 Å². The zero-order valence-electron chi connectivity index (χ0n) is 8.57. The topological polar surface area (TPSA) is 35.2 Å². The van der Waals surface area contributed by atoms with Gasteiger partial charge in [-0.05, 0) is 36.5 Å². The molecule has 4 heteroatoms. The summed E-state index contributed by atoms with van der Waals surface area (Å²) in [5, 5.41) is 0. The number of benzene rings is 1. The number of halogens is 2. The van der Waals surface area contributed by atoms with E-state index in [1.165, 1.54) is 13.2 Å². The lowest BCUT2D eigenvalue weighted by molar-refractivity contribution is 0.385. The van der Waals surface area contributed by atoms with E-state index in [9.17, 15) is 4.39 Å². The maximum Gasteiger partial charge on any atom is 0.165 e. The van der Waals surface area contributed by atoms with E-state index in [4.69, 9.17) is 10.5 Å². The zero-order valence-corrected chi connectivity index (χ0v) is 9.39. The maximum atomic E-state index is 13.3. The monoisotopic (exact) mass is 231 g/mol. The Morgan fingerprint density at radius 3 is 2.60 bits per heavy atom. The molecule has 1 aromatic rings. The number of methoxy groups -OCH3 is 1. The highest BCUT2D eigenvalue weighted by Gasteiger charge is 2.29. The van der Waals surface area contributed by atoms with Gasteiger partial charge < -0.3 is 10.5 Å². The number of nitrogens with two attached hydrogens (primary N) is 1. The maximum absolute atomic E-state index is 13.3. The average molecular weight is 232 g/mol. The molecule has 0 aliphatic heterocycles. The lowest BCUT2D eigenvalue weighted by Gasteiger charge is -2.11.